The zero-order valence-corrected chi connectivity index (χ0v) is 26.0. The Morgan fingerprint density at radius 1 is 1.10 bits per heavy atom. The van der Waals surface area contributed by atoms with Gasteiger partial charge in [0.15, 0.2) is 5.75 Å². The molecular formula is C34H44N6O2. The Hall–Kier alpha value is -3.75. The number of fused-ring (bicyclic) bond motifs is 2. The molecule has 1 aliphatic carbocycles. The first-order chi connectivity index (χ1) is 20.2. The van der Waals surface area contributed by atoms with Gasteiger partial charge >= 0.3 is 0 Å². The van der Waals surface area contributed by atoms with Gasteiger partial charge in [0.1, 0.15) is 17.3 Å². The minimum absolute atomic E-state index is 0.317. The van der Waals surface area contributed by atoms with Crippen molar-refractivity contribution in [2.24, 2.45) is 12.5 Å². The Morgan fingerprint density at radius 3 is 2.62 bits per heavy atom. The van der Waals surface area contributed by atoms with E-state index in [1.807, 2.05) is 71.7 Å². The van der Waals surface area contributed by atoms with E-state index in [9.17, 15) is 5.11 Å². The molecule has 1 unspecified atom stereocenters. The summed E-state index contributed by atoms with van der Waals surface area (Å²) in [6.45, 7) is 13.4. The lowest BCUT2D eigenvalue weighted by atomic mass is 9.85. The molecule has 6 rings (SSSR count). The molecule has 1 fully saturated rings. The number of aliphatic hydroxyl groups excluding tert-OH is 1. The molecule has 8 nitrogen and oxygen atoms in total. The van der Waals surface area contributed by atoms with Crippen LogP contribution in [0.5, 0.6) is 5.75 Å². The molecule has 1 saturated carbocycles. The molecule has 2 N–H and O–H groups in total. The summed E-state index contributed by atoms with van der Waals surface area (Å²) in [7, 11) is 1.92. The number of rotatable bonds is 9. The average molecular weight is 569 g/mol. The van der Waals surface area contributed by atoms with E-state index < -0.39 is 6.10 Å². The Labute approximate surface area is 248 Å². The molecule has 8 heteroatoms. The fourth-order valence-electron chi connectivity index (χ4n) is 5.22. The number of aromatic nitrogens is 5. The van der Waals surface area contributed by atoms with E-state index in [-0.39, 0.29) is 5.41 Å². The van der Waals surface area contributed by atoms with Crippen molar-refractivity contribution in [2.75, 3.05) is 6.61 Å². The summed E-state index contributed by atoms with van der Waals surface area (Å²) in [5.74, 6) is 0.759. The van der Waals surface area contributed by atoms with E-state index in [4.69, 9.17) is 9.72 Å². The van der Waals surface area contributed by atoms with Crippen LogP contribution in [0.3, 0.4) is 0 Å². The van der Waals surface area contributed by atoms with Crippen LogP contribution < -0.4 is 10.1 Å². The fraction of sp³-hybridized carbons (Fsp3) is 0.441. The number of hydrogen-bond acceptors (Lipinski definition) is 6. The van der Waals surface area contributed by atoms with Crippen LogP contribution in [0.15, 0.2) is 55.0 Å². The van der Waals surface area contributed by atoms with Crippen molar-refractivity contribution in [3.8, 4) is 16.9 Å². The minimum Gasteiger partial charge on any atom is -0.490 e. The molecule has 4 heterocycles. The topological polar surface area (TPSA) is 89.5 Å². The van der Waals surface area contributed by atoms with E-state index in [2.05, 4.69) is 56.3 Å². The molecule has 0 amide bonds. The van der Waals surface area contributed by atoms with Gasteiger partial charge in [0.05, 0.1) is 24.2 Å². The summed E-state index contributed by atoms with van der Waals surface area (Å²) in [6, 6.07) is 13.0. The number of aliphatic hydroxyl groups is 1. The molecule has 1 atom stereocenters. The van der Waals surface area contributed by atoms with Crippen LogP contribution in [-0.2, 0) is 20.0 Å². The molecule has 5 aromatic rings. The first-order valence-electron chi connectivity index (χ1n) is 15.1. The Morgan fingerprint density at radius 2 is 1.88 bits per heavy atom. The molecule has 4 aromatic heterocycles. The van der Waals surface area contributed by atoms with Gasteiger partial charge in [-0.1, -0.05) is 46.8 Å². The highest BCUT2D eigenvalue weighted by molar-refractivity contribution is 5.92. The quantitative estimate of drug-likeness (QED) is 0.209. The maximum absolute atomic E-state index is 11.1. The van der Waals surface area contributed by atoms with Crippen molar-refractivity contribution in [2.45, 2.75) is 79.5 Å². The summed E-state index contributed by atoms with van der Waals surface area (Å²) in [6.07, 6.45) is 8.37. The number of pyridine rings is 2. The smallest absolute Gasteiger partial charge is 0.153 e. The average Bonchev–Trinajstić information content (AvgIpc) is 3.67. The van der Waals surface area contributed by atoms with Gasteiger partial charge in [-0.2, -0.15) is 5.10 Å². The van der Waals surface area contributed by atoms with Gasteiger partial charge in [-0.3, -0.25) is 9.67 Å². The van der Waals surface area contributed by atoms with Gasteiger partial charge in [0.25, 0.3) is 0 Å². The zero-order valence-electron chi connectivity index (χ0n) is 26.0. The lowest BCUT2D eigenvalue weighted by molar-refractivity contribution is 0.0575. The van der Waals surface area contributed by atoms with Crippen LogP contribution in [0.1, 0.15) is 76.2 Å². The van der Waals surface area contributed by atoms with Crippen molar-refractivity contribution >= 4 is 16.6 Å². The van der Waals surface area contributed by atoms with Crippen LogP contribution >= 0.6 is 0 Å². The summed E-state index contributed by atoms with van der Waals surface area (Å²) in [4.78, 5) is 9.32. The number of ether oxygens (including phenoxy) is 1. The third-order valence-corrected chi connectivity index (χ3v) is 7.94. The normalized spacial score (nSPS) is 14.2. The number of hydrogen-bond donors (Lipinski definition) is 2. The molecule has 1 aromatic carbocycles. The molecule has 0 radical (unpaired) electrons. The Bertz CT molecular complexity index is 1680. The highest BCUT2D eigenvalue weighted by atomic mass is 16.5. The van der Waals surface area contributed by atoms with Gasteiger partial charge in [-0.05, 0) is 49.4 Å². The van der Waals surface area contributed by atoms with E-state index in [1.54, 1.807) is 0 Å². The second kappa shape index (κ2) is 12.2. The largest absolute Gasteiger partial charge is 0.490 e. The summed E-state index contributed by atoms with van der Waals surface area (Å²) >= 11 is 0. The zero-order chi connectivity index (χ0) is 30.0. The predicted octanol–water partition coefficient (Wildman–Crippen LogP) is 6.57. The highest BCUT2D eigenvalue weighted by Crippen LogP contribution is 2.37. The van der Waals surface area contributed by atoms with Crippen molar-refractivity contribution in [1.82, 2.24) is 29.5 Å². The van der Waals surface area contributed by atoms with Crippen LogP contribution in [0.2, 0.25) is 0 Å². The monoisotopic (exact) mass is 568 g/mol. The number of aryl methyl sites for hydroxylation is 1. The fourth-order valence-corrected chi connectivity index (χ4v) is 5.22. The lowest BCUT2D eigenvalue weighted by Gasteiger charge is -2.25. The number of imidazole rings is 1. The van der Waals surface area contributed by atoms with E-state index in [0.29, 0.717) is 19.1 Å². The van der Waals surface area contributed by atoms with Gasteiger partial charge in [-0.25, -0.2) is 4.98 Å². The second-order valence-corrected chi connectivity index (χ2v) is 12.0. The SMILES string of the molecule is CC.Cc1c(CCOc2c(-c3ccc4ncc(CNC5CC5)n4c3)ccc3cccnc23)c(C(O)C(C)(C)C)nn1C. The van der Waals surface area contributed by atoms with E-state index in [1.165, 1.54) is 12.8 Å². The Kier molecular flexibility index (Phi) is 8.66. The third-order valence-electron chi connectivity index (χ3n) is 7.94. The summed E-state index contributed by atoms with van der Waals surface area (Å²) in [5, 5.41) is 20.3. The predicted molar refractivity (Wildman–Crippen MR) is 169 cm³/mol. The van der Waals surface area contributed by atoms with E-state index in [0.717, 1.165) is 62.6 Å². The minimum atomic E-state index is -0.664. The molecule has 1 aliphatic rings. The van der Waals surface area contributed by atoms with Crippen molar-refractivity contribution < 1.29 is 9.84 Å². The molecule has 222 valence electrons. The van der Waals surface area contributed by atoms with Crippen LogP contribution in [0.25, 0.3) is 27.7 Å². The summed E-state index contributed by atoms with van der Waals surface area (Å²) < 4.78 is 10.6. The molecular weight excluding hydrogens is 524 g/mol. The van der Waals surface area contributed by atoms with E-state index >= 15 is 0 Å². The second-order valence-electron chi connectivity index (χ2n) is 12.0. The van der Waals surface area contributed by atoms with Gasteiger partial charge in [0.2, 0.25) is 0 Å². The molecule has 42 heavy (non-hydrogen) atoms. The standard InChI is InChI=1S/C32H38N6O2.C2H6/c1-20-25(29(36-37(20)5)31(39)32(2,3)4)14-16-40-30-26(12-8-21-7-6-15-33-28(21)30)22-9-13-27-35-18-24(38(27)19-22)17-34-23-10-11-23;1-2/h6-9,12-13,15,18-19,23,31,34,39H,10-11,14,16-17H2,1-5H3;1-2H3. The van der Waals surface area contributed by atoms with Gasteiger partial charge < -0.3 is 19.6 Å². The maximum Gasteiger partial charge on any atom is 0.153 e. The first-order valence-corrected chi connectivity index (χ1v) is 15.1. The molecule has 0 spiro atoms. The number of benzene rings is 1. The number of nitrogens with one attached hydrogen (secondary N) is 1. The lowest BCUT2D eigenvalue weighted by Crippen LogP contribution is -2.20. The van der Waals surface area contributed by atoms with Crippen LogP contribution in [0.4, 0.5) is 0 Å². The highest BCUT2D eigenvalue weighted by Gasteiger charge is 2.30. The van der Waals surface area contributed by atoms with Gasteiger partial charge in [0, 0.05) is 66.2 Å². The van der Waals surface area contributed by atoms with Crippen molar-refractivity contribution in [3.63, 3.8) is 0 Å². The molecule has 0 saturated heterocycles. The Balaban J connectivity index is 0.00000173. The first kappa shape index (κ1) is 29.7. The number of nitrogens with zero attached hydrogens (tertiary/aromatic N) is 5. The molecule has 0 aliphatic heterocycles. The van der Waals surface area contributed by atoms with Gasteiger partial charge in [-0.15, -0.1) is 0 Å². The van der Waals surface area contributed by atoms with Crippen molar-refractivity contribution in [3.05, 3.63) is 77.6 Å². The molecule has 0 bridgehead atoms. The van der Waals surface area contributed by atoms with Crippen molar-refractivity contribution in [1.29, 1.82) is 0 Å². The van der Waals surface area contributed by atoms with Crippen LogP contribution in [0, 0.1) is 12.3 Å². The summed E-state index contributed by atoms with van der Waals surface area (Å²) in [5.41, 5.74) is 7.41. The van der Waals surface area contributed by atoms with Crippen LogP contribution in [-0.4, -0.2) is 41.9 Å². The third kappa shape index (κ3) is 6.05. The maximum atomic E-state index is 11.1.